The number of benzene rings is 3. The van der Waals surface area contributed by atoms with Crippen LogP contribution in [0, 0.1) is 6.92 Å². The highest BCUT2D eigenvalue weighted by atomic mass is 79.9. The lowest BCUT2D eigenvalue weighted by Crippen LogP contribution is -2.19. The smallest absolute Gasteiger partial charge is 0.250 e. The van der Waals surface area contributed by atoms with Gasteiger partial charge in [-0.1, -0.05) is 48.0 Å². The van der Waals surface area contributed by atoms with Crippen LogP contribution in [0.25, 0.3) is 0 Å². The third-order valence-corrected chi connectivity index (χ3v) is 5.87. The van der Waals surface area contributed by atoms with Crippen molar-refractivity contribution < 1.29 is 14.3 Å². The van der Waals surface area contributed by atoms with Crippen LogP contribution in [-0.2, 0) is 11.4 Å². The molecule has 0 aliphatic rings. The number of carbonyl (C=O) groups excluding carboxylic acids is 1. The zero-order valence-electron chi connectivity index (χ0n) is 17.3. The molecule has 3 aromatic rings. The van der Waals surface area contributed by atoms with Crippen LogP contribution < -0.4 is 14.9 Å². The molecular formula is C24H23BrN2O3S. The summed E-state index contributed by atoms with van der Waals surface area (Å²) in [6.07, 6.45) is 1.57. The number of hydrazone groups is 1. The molecule has 160 valence electrons. The number of aryl methyl sites for hydroxylation is 1. The van der Waals surface area contributed by atoms with Crippen molar-refractivity contribution in [2.75, 3.05) is 12.9 Å². The highest BCUT2D eigenvalue weighted by molar-refractivity contribution is 9.10. The van der Waals surface area contributed by atoms with Gasteiger partial charge in [0, 0.05) is 4.90 Å². The highest BCUT2D eigenvalue weighted by Gasteiger charge is 2.11. The van der Waals surface area contributed by atoms with Crippen molar-refractivity contribution in [2.24, 2.45) is 5.10 Å². The lowest BCUT2D eigenvalue weighted by molar-refractivity contribution is -0.118. The molecule has 3 rings (SSSR count). The maximum Gasteiger partial charge on any atom is 0.250 e. The third-order valence-electron chi connectivity index (χ3n) is 4.27. The van der Waals surface area contributed by atoms with Crippen molar-refractivity contribution in [1.82, 2.24) is 5.43 Å². The first kappa shape index (κ1) is 22.9. The fraction of sp³-hybridized carbons (Fsp3) is 0.167. The van der Waals surface area contributed by atoms with Crippen LogP contribution in [-0.4, -0.2) is 25.0 Å². The summed E-state index contributed by atoms with van der Waals surface area (Å²) >= 11 is 5.00. The average molecular weight is 499 g/mol. The average Bonchev–Trinajstić information content (AvgIpc) is 2.78. The predicted octanol–water partition coefficient (Wildman–Crippen LogP) is 5.59. The molecule has 0 aliphatic heterocycles. The standard InChI is InChI=1S/C24H23BrN2O3S/c1-17-8-10-20(11-9-17)31-16-23(28)27-26-14-19-12-21(25)24(22(13-19)29-2)30-15-18-6-4-3-5-7-18/h3-14H,15-16H2,1-2H3,(H,27,28)/b26-14+. The molecule has 1 amide bonds. The summed E-state index contributed by atoms with van der Waals surface area (Å²) in [7, 11) is 1.59. The minimum Gasteiger partial charge on any atom is -0.493 e. The molecule has 0 bridgehead atoms. The van der Waals surface area contributed by atoms with Gasteiger partial charge in [0.1, 0.15) is 6.61 Å². The van der Waals surface area contributed by atoms with Gasteiger partial charge < -0.3 is 9.47 Å². The minimum atomic E-state index is -0.171. The Balaban J connectivity index is 1.56. The Morgan fingerprint density at radius 2 is 1.87 bits per heavy atom. The van der Waals surface area contributed by atoms with Crippen molar-refractivity contribution in [3.8, 4) is 11.5 Å². The van der Waals surface area contributed by atoms with Crippen LogP contribution in [0.1, 0.15) is 16.7 Å². The van der Waals surface area contributed by atoms with E-state index in [1.807, 2.05) is 73.7 Å². The molecule has 0 heterocycles. The summed E-state index contributed by atoms with van der Waals surface area (Å²) in [6, 6.07) is 21.6. The van der Waals surface area contributed by atoms with E-state index in [0.29, 0.717) is 23.9 Å². The van der Waals surface area contributed by atoms with E-state index in [1.54, 1.807) is 13.3 Å². The van der Waals surface area contributed by atoms with Gasteiger partial charge in [0.25, 0.3) is 0 Å². The number of hydrogen-bond donors (Lipinski definition) is 1. The second kappa shape index (κ2) is 11.6. The number of ether oxygens (including phenoxy) is 2. The van der Waals surface area contributed by atoms with Crippen LogP contribution in [0.15, 0.2) is 81.2 Å². The summed E-state index contributed by atoms with van der Waals surface area (Å²) < 4.78 is 12.1. The number of rotatable bonds is 9. The minimum absolute atomic E-state index is 0.171. The van der Waals surface area contributed by atoms with Gasteiger partial charge in [-0.05, 0) is 58.2 Å². The largest absolute Gasteiger partial charge is 0.493 e. The third kappa shape index (κ3) is 7.15. The Morgan fingerprint density at radius 1 is 1.13 bits per heavy atom. The Hall–Kier alpha value is -2.77. The van der Waals surface area contributed by atoms with E-state index in [1.165, 1.54) is 17.3 Å². The number of thioether (sulfide) groups is 1. The molecule has 0 aliphatic carbocycles. The highest BCUT2D eigenvalue weighted by Crippen LogP contribution is 2.36. The van der Waals surface area contributed by atoms with Gasteiger partial charge in [0.05, 0.1) is 23.5 Å². The molecule has 0 aromatic heterocycles. The molecular weight excluding hydrogens is 476 g/mol. The number of amides is 1. The van der Waals surface area contributed by atoms with Crippen molar-refractivity contribution in [2.45, 2.75) is 18.4 Å². The van der Waals surface area contributed by atoms with E-state index < -0.39 is 0 Å². The SMILES string of the molecule is COc1cc(/C=N/NC(=O)CSc2ccc(C)cc2)cc(Br)c1OCc1ccccc1. The summed E-state index contributed by atoms with van der Waals surface area (Å²) in [5, 5.41) is 4.05. The molecule has 1 N–H and O–H groups in total. The maximum absolute atomic E-state index is 12.0. The fourth-order valence-electron chi connectivity index (χ4n) is 2.68. The molecule has 0 fully saturated rings. The molecule has 0 saturated heterocycles. The van der Waals surface area contributed by atoms with Gasteiger partial charge in [-0.3, -0.25) is 4.79 Å². The Labute approximate surface area is 195 Å². The first-order valence-corrected chi connectivity index (χ1v) is 11.4. The molecule has 3 aromatic carbocycles. The van der Waals surface area contributed by atoms with Gasteiger partial charge in [-0.25, -0.2) is 5.43 Å². The van der Waals surface area contributed by atoms with Crippen LogP contribution >= 0.6 is 27.7 Å². The molecule has 0 radical (unpaired) electrons. The first-order valence-electron chi connectivity index (χ1n) is 9.61. The summed E-state index contributed by atoms with van der Waals surface area (Å²) in [5.74, 6) is 1.31. The van der Waals surface area contributed by atoms with Crippen molar-refractivity contribution in [3.05, 3.63) is 87.9 Å². The van der Waals surface area contributed by atoms with Crippen molar-refractivity contribution in [1.29, 1.82) is 0 Å². The van der Waals surface area contributed by atoms with E-state index in [9.17, 15) is 4.79 Å². The number of hydrogen-bond acceptors (Lipinski definition) is 5. The van der Waals surface area contributed by atoms with Crippen molar-refractivity contribution in [3.63, 3.8) is 0 Å². The lowest BCUT2D eigenvalue weighted by Gasteiger charge is -2.13. The van der Waals surface area contributed by atoms with E-state index in [-0.39, 0.29) is 5.91 Å². The van der Waals surface area contributed by atoms with Crippen molar-refractivity contribution >= 4 is 39.8 Å². The van der Waals surface area contributed by atoms with Gasteiger partial charge in [-0.2, -0.15) is 5.10 Å². The van der Waals surface area contributed by atoms with E-state index in [2.05, 4.69) is 26.5 Å². The Kier molecular flexibility index (Phi) is 8.55. The van der Waals surface area contributed by atoms with E-state index >= 15 is 0 Å². The lowest BCUT2D eigenvalue weighted by atomic mass is 10.2. The number of methoxy groups -OCH3 is 1. The second-order valence-electron chi connectivity index (χ2n) is 6.70. The molecule has 0 saturated carbocycles. The zero-order valence-corrected chi connectivity index (χ0v) is 19.7. The molecule has 0 spiro atoms. The number of nitrogens with one attached hydrogen (secondary N) is 1. The molecule has 0 atom stereocenters. The molecule has 0 unspecified atom stereocenters. The molecule has 5 nitrogen and oxygen atoms in total. The molecule has 31 heavy (non-hydrogen) atoms. The van der Waals surface area contributed by atoms with Gasteiger partial charge in [0.2, 0.25) is 5.91 Å². The van der Waals surface area contributed by atoms with Gasteiger partial charge in [-0.15, -0.1) is 11.8 Å². The van der Waals surface area contributed by atoms with Crippen LogP contribution in [0.4, 0.5) is 0 Å². The summed E-state index contributed by atoms with van der Waals surface area (Å²) in [5.41, 5.74) is 5.57. The first-order chi connectivity index (χ1) is 15.0. The Bertz CT molecular complexity index is 1040. The molecule has 7 heteroatoms. The number of halogens is 1. The number of carbonyl (C=O) groups is 1. The summed E-state index contributed by atoms with van der Waals surface area (Å²) in [4.78, 5) is 13.1. The number of nitrogens with zero attached hydrogens (tertiary/aromatic N) is 1. The van der Waals surface area contributed by atoms with Crippen LogP contribution in [0.3, 0.4) is 0 Å². The van der Waals surface area contributed by atoms with Gasteiger partial charge >= 0.3 is 0 Å². The van der Waals surface area contributed by atoms with E-state index in [0.717, 1.165) is 20.5 Å². The predicted molar refractivity (Wildman–Crippen MR) is 129 cm³/mol. The second-order valence-corrected chi connectivity index (χ2v) is 8.61. The fourth-order valence-corrected chi connectivity index (χ4v) is 3.94. The van der Waals surface area contributed by atoms with Crippen LogP contribution in [0.5, 0.6) is 11.5 Å². The topological polar surface area (TPSA) is 59.9 Å². The zero-order chi connectivity index (χ0) is 22.1. The quantitative estimate of drug-likeness (QED) is 0.237. The maximum atomic E-state index is 12.0. The Morgan fingerprint density at radius 3 is 2.58 bits per heavy atom. The van der Waals surface area contributed by atoms with Crippen LogP contribution in [0.2, 0.25) is 0 Å². The summed E-state index contributed by atoms with van der Waals surface area (Å²) in [6.45, 7) is 2.46. The normalized spacial score (nSPS) is 10.8. The monoisotopic (exact) mass is 498 g/mol. The van der Waals surface area contributed by atoms with Gasteiger partial charge in [0.15, 0.2) is 11.5 Å². The van der Waals surface area contributed by atoms with E-state index in [4.69, 9.17) is 9.47 Å².